The van der Waals surface area contributed by atoms with Gasteiger partial charge in [0.15, 0.2) is 0 Å². The summed E-state index contributed by atoms with van der Waals surface area (Å²) in [7, 11) is 0. The summed E-state index contributed by atoms with van der Waals surface area (Å²) in [6.45, 7) is 1.82. The molecule has 1 saturated carbocycles. The Bertz CT molecular complexity index is 155. The molecule has 1 aliphatic carbocycles. The molecule has 0 aromatic carbocycles. The predicted octanol–water partition coefficient (Wildman–Crippen LogP) is 2.05. The summed E-state index contributed by atoms with van der Waals surface area (Å²) in [5.41, 5.74) is 0. The van der Waals surface area contributed by atoms with E-state index < -0.39 is 0 Å². The molecular formula is C9H14O2. The predicted molar refractivity (Wildman–Crippen MR) is 43.2 cm³/mol. The van der Waals surface area contributed by atoms with Gasteiger partial charge in [-0.25, -0.2) is 4.79 Å². The number of ether oxygens (including phenoxy) is 1. The minimum absolute atomic E-state index is 0.193. The van der Waals surface area contributed by atoms with E-state index in [1.54, 1.807) is 6.08 Å². The van der Waals surface area contributed by atoms with Crippen LogP contribution >= 0.6 is 0 Å². The summed E-state index contributed by atoms with van der Waals surface area (Å²) in [6, 6.07) is 0. The molecule has 0 unspecified atom stereocenters. The molecule has 0 radical (unpaired) electrons. The van der Waals surface area contributed by atoms with Gasteiger partial charge in [0.1, 0.15) is 6.10 Å². The van der Waals surface area contributed by atoms with Crippen molar-refractivity contribution in [3.05, 3.63) is 12.2 Å². The molecule has 1 fully saturated rings. The molecule has 2 nitrogen and oxygen atoms in total. The Balaban J connectivity index is 2.23. The van der Waals surface area contributed by atoms with E-state index in [9.17, 15) is 4.79 Å². The first-order valence-electron chi connectivity index (χ1n) is 4.16. The summed E-state index contributed by atoms with van der Waals surface area (Å²) in [5, 5.41) is 0. The lowest BCUT2D eigenvalue weighted by atomic mass is 10.3. The Morgan fingerprint density at radius 2 is 2.09 bits per heavy atom. The number of esters is 1. The van der Waals surface area contributed by atoms with E-state index in [1.165, 1.54) is 18.9 Å². The third-order valence-electron chi connectivity index (χ3n) is 1.89. The smallest absolute Gasteiger partial charge is 0.330 e. The normalized spacial score (nSPS) is 19.4. The molecule has 0 aliphatic heterocycles. The van der Waals surface area contributed by atoms with Crippen molar-refractivity contribution < 1.29 is 9.53 Å². The van der Waals surface area contributed by atoms with Crippen molar-refractivity contribution in [2.45, 2.75) is 38.7 Å². The van der Waals surface area contributed by atoms with Crippen molar-refractivity contribution in [3.63, 3.8) is 0 Å². The van der Waals surface area contributed by atoms with E-state index in [0.29, 0.717) is 0 Å². The first-order chi connectivity index (χ1) is 5.33. The number of hydrogen-bond acceptors (Lipinski definition) is 2. The van der Waals surface area contributed by atoms with Gasteiger partial charge in [0.2, 0.25) is 0 Å². The topological polar surface area (TPSA) is 26.3 Å². The first kappa shape index (κ1) is 8.31. The fourth-order valence-corrected chi connectivity index (χ4v) is 1.35. The van der Waals surface area contributed by atoms with E-state index >= 15 is 0 Å². The van der Waals surface area contributed by atoms with E-state index in [-0.39, 0.29) is 12.1 Å². The second-order valence-electron chi connectivity index (χ2n) is 2.84. The quantitative estimate of drug-likeness (QED) is 0.449. The van der Waals surface area contributed by atoms with Crippen molar-refractivity contribution in [1.82, 2.24) is 0 Å². The maximum absolute atomic E-state index is 10.9. The van der Waals surface area contributed by atoms with Gasteiger partial charge in [0.05, 0.1) is 0 Å². The van der Waals surface area contributed by atoms with Crippen LogP contribution in [-0.4, -0.2) is 12.1 Å². The number of allylic oxidation sites excluding steroid dienone is 1. The van der Waals surface area contributed by atoms with Crippen molar-refractivity contribution in [2.75, 3.05) is 0 Å². The number of carbonyl (C=O) groups is 1. The summed E-state index contributed by atoms with van der Waals surface area (Å²) in [6.07, 6.45) is 7.86. The zero-order valence-electron chi connectivity index (χ0n) is 6.88. The van der Waals surface area contributed by atoms with Gasteiger partial charge in [-0.3, -0.25) is 0 Å². The lowest BCUT2D eigenvalue weighted by molar-refractivity contribution is -0.142. The van der Waals surface area contributed by atoms with Gasteiger partial charge in [-0.2, -0.15) is 0 Å². The molecule has 0 aromatic heterocycles. The minimum Gasteiger partial charge on any atom is -0.459 e. The van der Waals surface area contributed by atoms with Crippen LogP contribution in [-0.2, 0) is 9.53 Å². The maximum atomic E-state index is 10.9. The Hall–Kier alpha value is -0.790. The molecule has 0 bridgehead atoms. The fourth-order valence-electron chi connectivity index (χ4n) is 1.35. The van der Waals surface area contributed by atoms with Gasteiger partial charge in [-0.1, -0.05) is 6.08 Å². The number of hydrogen-bond donors (Lipinski definition) is 0. The highest BCUT2D eigenvalue weighted by molar-refractivity contribution is 5.81. The highest BCUT2D eigenvalue weighted by Crippen LogP contribution is 2.20. The molecule has 0 N–H and O–H groups in total. The fraction of sp³-hybridized carbons (Fsp3) is 0.667. The largest absolute Gasteiger partial charge is 0.459 e. The van der Waals surface area contributed by atoms with E-state index in [2.05, 4.69) is 0 Å². The molecule has 2 heteroatoms. The first-order valence-corrected chi connectivity index (χ1v) is 4.16. The Morgan fingerprint density at radius 3 is 2.64 bits per heavy atom. The van der Waals surface area contributed by atoms with Crippen LogP contribution < -0.4 is 0 Å². The second kappa shape index (κ2) is 4.16. The Labute approximate surface area is 67.2 Å². The molecule has 62 valence electrons. The zero-order valence-corrected chi connectivity index (χ0v) is 6.88. The monoisotopic (exact) mass is 154 g/mol. The Kier molecular flexibility index (Phi) is 3.14. The van der Waals surface area contributed by atoms with E-state index in [0.717, 1.165) is 12.8 Å². The van der Waals surface area contributed by atoms with Gasteiger partial charge >= 0.3 is 5.97 Å². The molecule has 0 amide bonds. The van der Waals surface area contributed by atoms with Crippen molar-refractivity contribution >= 4 is 5.97 Å². The molecule has 1 aliphatic rings. The lowest BCUT2D eigenvalue weighted by Crippen LogP contribution is -2.12. The average molecular weight is 154 g/mol. The molecule has 0 saturated heterocycles. The zero-order chi connectivity index (χ0) is 8.10. The molecule has 1 rings (SSSR count). The van der Waals surface area contributed by atoms with Crippen LogP contribution in [0.1, 0.15) is 32.6 Å². The standard InChI is InChI=1S/C9H14O2/c1-2-5-9(10)11-8-6-3-4-7-8/h2,5,8H,3-4,6-7H2,1H3/b5-2+. The van der Waals surface area contributed by atoms with Crippen LogP contribution in [0.5, 0.6) is 0 Å². The van der Waals surface area contributed by atoms with Crippen LogP contribution in [0.3, 0.4) is 0 Å². The summed E-state index contributed by atoms with van der Waals surface area (Å²) < 4.78 is 5.13. The highest BCUT2D eigenvalue weighted by atomic mass is 16.5. The highest BCUT2D eigenvalue weighted by Gasteiger charge is 2.17. The molecule has 0 atom stereocenters. The van der Waals surface area contributed by atoms with Gasteiger partial charge in [-0.05, 0) is 32.6 Å². The van der Waals surface area contributed by atoms with Gasteiger partial charge in [-0.15, -0.1) is 0 Å². The van der Waals surface area contributed by atoms with Gasteiger partial charge < -0.3 is 4.74 Å². The minimum atomic E-state index is -0.195. The molecule has 0 heterocycles. The Morgan fingerprint density at radius 1 is 1.45 bits per heavy atom. The van der Waals surface area contributed by atoms with Gasteiger partial charge in [0, 0.05) is 6.08 Å². The summed E-state index contributed by atoms with van der Waals surface area (Å²) in [4.78, 5) is 10.9. The van der Waals surface area contributed by atoms with E-state index in [1.807, 2.05) is 6.92 Å². The molecular weight excluding hydrogens is 140 g/mol. The SMILES string of the molecule is C/C=C/C(=O)OC1CCCC1. The van der Waals surface area contributed by atoms with Crippen molar-refractivity contribution in [1.29, 1.82) is 0 Å². The van der Waals surface area contributed by atoms with Crippen molar-refractivity contribution in [2.24, 2.45) is 0 Å². The maximum Gasteiger partial charge on any atom is 0.330 e. The van der Waals surface area contributed by atoms with Crippen LogP contribution in [0.4, 0.5) is 0 Å². The van der Waals surface area contributed by atoms with Crippen LogP contribution in [0, 0.1) is 0 Å². The van der Waals surface area contributed by atoms with E-state index in [4.69, 9.17) is 4.74 Å². The average Bonchev–Trinajstić information content (AvgIpc) is 2.40. The summed E-state index contributed by atoms with van der Waals surface area (Å²) >= 11 is 0. The third-order valence-corrected chi connectivity index (χ3v) is 1.89. The molecule has 11 heavy (non-hydrogen) atoms. The van der Waals surface area contributed by atoms with Crippen LogP contribution in [0.2, 0.25) is 0 Å². The lowest BCUT2D eigenvalue weighted by Gasteiger charge is -2.08. The molecule has 0 spiro atoms. The summed E-state index contributed by atoms with van der Waals surface area (Å²) in [5.74, 6) is -0.195. The van der Waals surface area contributed by atoms with Crippen molar-refractivity contribution in [3.8, 4) is 0 Å². The van der Waals surface area contributed by atoms with Crippen LogP contribution in [0.15, 0.2) is 12.2 Å². The second-order valence-corrected chi connectivity index (χ2v) is 2.84. The third kappa shape index (κ3) is 2.74. The number of rotatable bonds is 2. The van der Waals surface area contributed by atoms with Crippen LogP contribution in [0.25, 0.3) is 0 Å². The molecule has 0 aromatic rings. The van der Waals surface area contributed by atoms with Gasteiger partial charge in [0.25, 0.3) is 0 Å². The number of carbonyl (C=O) groups excluding carboxylic acids is 1.